The van der Waals surface area contributed by atoms with Gasteiger partial charge in [0.05, 0.1) is 0 Å². The molecule has 1 fully saturated rings. The minimum absolute atomic E-state index is 1.15. The van der Waals surface area contributed by atoms with Gasteiger partial charge in [0.15, 0.2) is 0 Å². The Morgan fingerprint density at radius 3 is 0.750 bits per heavy atom. The lowest BCUT2D eigenvalue weighted by Gasteiger charge is -2.23. The van der Waals surface area contributed by atoms with Crippen molar-refractivity contribution in [3.63, 3.8) is 0 Å². The minimum Gasteiger partial charge on any atom is -0.0616 e. The molecule has 4 aromatic rings. The van der Waals surface area contributed by atoms with Gasteiger partial charge in [-0.25, -0.2) is 0 Å². The maximum Gasteiger partial charge on any atom is -0.00990 e. The van der Waals surface area contributed by atoms with Crippen molar-refractivity contribution in [2.24, 2.45) is 0 Å². The van der Waals surface area contributed by atoms with Crippen LogP contribution < -0.4 is 0 Å². The lowest BCUT2D eigenvalue weighted by molar-refractivity contribution is 0.734. The molecular weight excluding hydrogens is 384 g/mol. The van der Waals surface area contributed by atoms with Crippen LogP contribution in [-0.2, 0) is 0 Å². The molecule has 152 valence electrons. The molecule has 0 aromatic heterocycles. The van der Waals surface area contributed by atoms with Crippen LogP contribution >= 0.6 is 0 Å². The minimum atomic E-state index is 1.15. The van der Waals surface area contributed by atoms with Crippen molar-refractivity contribution in [2.45, 2.75) is 25.7 Å². The van der Waals surface area contributed by atoms with Crippen LogP contribution in [0, 0.1) is 0 Å². The topological polar surface area (TPSA) is 0 Å². The molecule has 0 atom stereocenters. The number of hydrogen-bond donors (Lipinski definition) is 0. The fourth-order valence-electron chi connectivity index (χ4n) is 6.15. The molecule has 0 nitrogen and oxygen atoms in total. The van der Waals surface area contributed by atoms with Crippen LogP contribution in [0.25, 0.3) is 33.4 Å². The molecule has 0 amide bonds. The fourth-order valence-corrected chi connectivity index (χ4v) is 6.15. The second kappa shape index (κ2) is 6.93. The van der Waals surface area contributed by atoms with Gasteiger partial charge < -0.3 is 0 Å². The van der Waals surface area contributed by atoms with Gasteiger partial charge in [0.2, 0.25) is 0 Å². The molecule has 0 spiro atoms. The average Bonchev–Trinajstić information content (AvgIpc) is 3.38. The first kappa shape index (κ1) is 18.0. The van der Waals surface area contributed by atoms with Crippen molar-refractivity contribution >= 4 is 11.1 Å². The Bertz CT molecular complexity index is 1240. The normalized spacial score (nSPS) is 16.0. The summed E-state index contributed by atoms with van der Waals surface area (Å²) in [6.45, 7) is 0. The number of fused-ring (bicyclic) bond motifs is 6. The third kappa shape index (κ3) is 2.50. The molecule has 0 bridgehead atoms. The molecule has 3 aliphatic rings. The summed E-state index contributed by atoms with van der Waals surface area (Å²) in [6, 6.07) is 35.8. The molecule has 0 N–H and O–H groups in total. The summed E-state index contributed by atoms with van der Waals surface area (Å²) < 4.78 is 0. The average molecular weight is 409 g/mol. The van der Waals surface area contributed by atoms with Crippen LogP contribution in [0.5, 0.6) is 0 Å². The largest absolute Gasteiger partial charge is 0.0616 e. The molecule has 0 heterocycles. The predicted molar refractivity (Wildman–Crippen MR) is 134 cm³/mol. The van der Waals surface area contributed by atoms with Gasteiger partial charge in [-0.05, 0) is 81.3 Å². The van der Waals surface area contributed by atoms with Crippen LogP contribution in [0.2, 0.25) is 0 Å². The Labute approximate surface area is 189 Å². The summed E-state index contributed by atoms with van der Waals surface area (Å²) >= 11 is 0. The highest BCUT2D eigenvalue weighted by atomic mass is 14.3. The Morgan fingerprint density at radius 2 is 0.500 bits per heavy atom. The van der Waals surface area contributed by atoms with Crippen LogP contribution in [-0.4, -0.2) is 0 Å². The SMILES string of the molecule is c1ccc2c(c1)C(=C1CCC(=C3c4ccccc4-c4ccccc43)CC1)c1ccccc1-2. The number of hydrogen-bond acceptors (Lipinski definition) is 0. The fraction of sp³-hybridized carbons (Fsp3) is 0.125. The van der Waals surface area contributed by atoms with E-state index < -0.39 is 0 Å². The Hall–Kier alpha value is -3.64. The van der Waals surface area contributed by atoms with Crippen LogP contribution in [0.15, 0.2) is 108 Å². The quantitative estimate of drug-likeness (QED) is 0.236. The summed E-state index contributed by atoms with van der Waals surface area (Å²) in [5.74, 6) is 0. The van der Waals surface area contributed by atoms with E-state index in [0.717, 1.165) is 25.7 Å². The summed E-state index contributed by atoms with van der Waals surface area (Å²) in [4.78, 5) is 0. The Morgan fingerprint density at radius 1 is 0.281 bits per heavy atom. The van der Waals surface area contributed by atoms with Crippen molar-refractivity contribution in [1.82, 2.24) is 0 Å². The van der Waals surface area contributed by atoms with Gasteiger partial charge in [0, 0.05) is 0 Å². The highest BCUT2D eigenvalue weighted by molar-refractivity contribution is 6.03. The first-order valence-corrected chi connectivity index (χ1v) is 11.7. The maximum absolute atomic E-state index is 2.31. The zero-order valence-electron chi connectivity index (χ0n) is 18.1. The summed E-state index contributed by atoms with van der Waals surface area (Å²) in [7, 11) is 0. The second-order valence-electron chi connectivity index (χ2n) is 9.14. The number of allylic oxidation sites excluding steroid dienone is 2. The van der Waals surface area contributed by atoms with Crippen LogP contribution in [0.1, 0.15) is 47.9 Å². The summed E-state index contributed by atoms with van der Waals surface area (Å²) in [6.07, 6.45) is 4.62. The van der Waals surface area contributed by atoms with Gasteiger partial charge in [-0.2, -0.15) is 0 Å². The van der Waals surface area contributed by atoms with Crippen LogP contribution in [0.4, 0.5) is 0 Å². The van der Waals surface area contributed by atoms with E-state index >= 15 is 0 Å². The Balaban J connectivity index is 1.33. The summed E-state index contributed by atoms with van der Waals surface area (Å²) in [5, 5.41) is 0. The monoisotopic (exact) mass is 408 g/mol. The molecule has 7 rings (SSSR count). The zero-order valence-corrected chi connectivity index (χ0v) is 18.1. The third-order valence-electron chi connectivity index (χ3n) is 7.53. The standard InChI is InChI=1S/C32H24/c1-5-13-27-23(9-1)24-10-2-6-14-28(24)31(27)21-17-19-22(20-18-21)32-29-15-7-3-11-25(29)26-12-4-8-16-30(26)32/h1-16H,17-20H2. The predicted octanol–water partition coefficient (Wildman–Crippen LogP) is 8.53. The van der Waals surface area contributed by atoms with Crippen molar-refractivity contribution in [1.29, 1.82) is 0 Å². The molecule has 0 heteroatoms. The highest BCUT2D eigenvalue weighted by Gasteiger charge is 2.29. The Kier molecular flexibility index (Phi) is 3.90. The molecular formula is C32H24. The highest BCUT2D eigenvalue weighted by Crippen LogP contribution is 2.51. The summed E-state index contributed by atoms with van der Waals surface area (Å²) in [5.41, 5.74) is 17.6. The van der Waals surface area contributed by atoms with Gasteiger partial charge in [0.1, 0.15) is 0 Å². The lowest BCUT2D eigenvalue weighted by atomic mass is 9.81. The number of benzene rings is 4. The second-order valence-corrected chi connectivity index (χ2v) is 9.14. The maximum atomic E-state index is 2.31. The van der Waals surface area contributed by atoms with E-state index in [1.807, 2.05) is 0 Å². The molecule has 1 saturated carbocycles. The molecule has 0 saturated heterocycles. The van der Waals surface area contributed by atoms with Gasteiger partial charge in [-0.3, -0.25) is 0 Å². The third-order valence-corrected chi connectivity index (χ3v) is 7.53. The molecule has 3 aliphatic carbocycles. The molecule has 0 radical (unpaired) electrons. The van der Waals surface area contributed by atoms with Gasteiger partial charge in [0.25, 0.3) is 0 Å². The zero-order chi connectivity index (χ0) is 21.1. The van der Waals surface area contributed by atoms with E-state index in [1.54, 1.807) is 11.1 Å². The molecule has 4 aromatic carbocycles. The first-order chi connectivity index (χ1) is 15.9. The van der Waals surface area contributed by atoms with Gasteiger partial charge >= 0.3 is 0 Å². The molecule has 0 unspecified atom stereocenters. The lowest BCUT2D eigenvalue weighted by Crippen LogP contribution is -2.03. The van der Waals surface area contributed by atoms with Crippen molar-refractivity contribution in [3.8, 4) is 22.3 Å². The smallest absolute Gasteiger partial charge is 0.00990 e. The van der Waals surface area contributed by atoms with Gasteiger partial charge in [-0.1, -0.05) is 108 Å². The molecule has 32 heavy (non-hydrogen) atoms. The van der Waals surface area contributed by atoms with Crippen LogP contribution in [0.3, 0.4) is 0 Å². The van der Waals surface area contributed by atoms with Crippen molar-refractivity contribution in [2.75, 3.05) is 0 Å². The first-order valence-electron chi connectivity index (χ1n) is 11.7. The van der Waals surface area contributed by atoms with E-state index in [4.69, 9.17) is 0 Å². The molecule has 0 aliphatic heterocycles. The van der Waals surface area contributed by atoms with E-state index in [-0.39, 0.29) is 0 Å². The van der Waals surface area contributed by atoms with E-state index in [0.29, 0.717) is 0 Å². The van der Waals surface area contributed by atoms with Crippen molar-refractivity contribution < 1.29 is 0 Å². The number of rotatable bonds is 0. The van der Waals surface area contributed by atoms with E-state index in [1.165, 1.54) is 55.7 Å². The van der Waals surface area contributed by atoms with Crippen molar-refractivity contribution in [3.05, 3.63) is 130 Å². The van der Waals surface area contributed by atoms with Gasteiger partial charge in [-0.15, -0.1) is 0 Å². The van der Waals surface area contributed by atoms with E-state index in [2.05, 4.69) is 97.1 Å². The van der Waals surface area contributed by atoms with E-state index in [9.17, 15) is 0 Å².